The summed E-state index contributed by atoms with van der Waals surface area (Å²) in [5.74, 6) is 0. The number of morpholine rings is 1. The quantitative estimate of drug-likeness (QED) is 0.454. The molecule has 0 N–H and O–H groups in total. The lowest BCUT2D eigenvalue weighted by atomic mass is 9.69. The molecule has 0 aromatic heterocycles. The minimum Gasteiger partial charge on any atom is -0.370 e. The van der Waals surface area contributed by atoms with Crippen molar-refractivity contribution in [3.05, 3.63) is 0 Å². The highest BCUT2D eigenvalue weighted by Crippen LogP contribution is 2.50. The van der Waals surface area contributed by atoms with E-state index in [1.807, 2.05) is 27.7 Å². The van der Waals surface area contributed by atoms with E-state index in [4.69, 9.17) is 17.6 Å². The summed E-state index contributed by atoms with van der Waals surface area (Å²) < 4.78 is 10.7. The van der Waals surface area contributed by atoms with Crippen molar-refractivity contribution in [2.45, 2.75) is 118 Å². The second-order valence-corrected chi connectivity index (χ2v) is 11.9. The zero-order valence-corrected chi connectivity index (χ0v) is 26.2. The van der Waals surface area contributed by atoms with Crippen LogP contribution in [-0.4, -0.2) is 94.1 Å². The van der Waals surface area contributed by atoms with Gasteiger partial charge >= 0.3 is 0 Å². The lowest BCUT2D eigenvalue weighted by Crippen LogP contribution is -2.66. The fourth-order valence-electron chi connectivity index (χ4n) is 6.66. The van der Waals surface area contributed by atoms with E-state index >= 15 is 0 Å². The molecule has 4 aliphatic heterocycles. The van der Waals surface area contributed by atoms with Crippen molar-refractivity contribution < 1.29 is 4.74 Å². The van der Waals surface area contributed by atoms with E-state index in [9.17, 15) is 0 Å². The molecule has 0 aliphatic carbocycles. The number of likely N-dealkylation sites (tertiary alicyclic amines) is 2. The van der Waals surface area contributed by atoms with Gasteiger partial charge in [0, 0.05) is 56.3 Å². The summed E-state index contributed by atoms with van der Waals surface area (Å²) in [6.45, 7) is 29.3. The molecule has 0 unspecified atom stereocenters. The number of fused-ring (bicyclic) bond motifs is 2. The van der Waals surface area contributed by atoms with Gasteiger partial charge < -0.3 is 9.64 Å². The predicted octanol–water partition coefficient (Wildman–Crippen LogP) is 5.87. The maximum absolute atomic E-state index is 6.14. The van der Waals surface area contributed by atoms with Crippen LogP contribution in [0.5, 0.6) is 0 Å². The van der Waals surface area contributed by atoms with E-state index in [0.29, 0.717) is 11.5 Å². The minimum absolute atomic E-state index is 0.00347. The molecule has 4 atom stereocenters. The summed E-state index contributed by atoms with van der Waals surface area (Å²) in [5.41, 5.74) is 0.796. The van der Waals surface area contributed by atoms with Crippen LogP contribution in [-0.2, 0) is 4.74 Å². The number of nitrogens with zero attached hydrogens (tertiary/aromatic N) is 4. The van der Waals surface area contributed by atoms with Gasteiger partial charge in [-0.05, 0) is 53.5 Å². The lowest BCUT2D eigenvalue weighted by molar-refractivity contribution is -0.146. The van der Waals surface area contributed by atoms with Crippen LogP contribution >= 0.6 is 25.6 Å². The SMILES string of the molecule is CC.CC.CC(C)N1C[C@]2(C)CCCN(S)[C@]2(C)C1.CC[C@]12CN(C)C[C@@]1(CC)N(S)CCO2. The summed E-state index contributed by atoms with van der Waals surface area (Å²) in [6, 6.07) is 0.658. The maximum Gasteiger partial charge on any atom is 0.101 e. The van der Waals surface area contributed by atoms with Crippen molar-refractivity contribution in [2.24, 2.45) is 5.41 Å². The van der Waals surface area contributed by atoms with Gasteiger partial charge in [-0.15, -0.1) is 0 Å². The van der Waals surface area contributed by atoms with Crippen molar-refractivity contribution in [3.63, 3.8) is 0 Å². The second-order valence-electron chi connectivity index (χ2n) is 10.9. The molecule has 4 heterocycles. The van der Waals surface area contributed by atoms with Crippen molar-refractivity contribution in [2.75, 3.05) is 52.9 Å². The van der Waals surface area contributed by atoms with E-state index in [-0.39, 0.29) is 16.7 Å². The molecule has 34 heavy (non-hydrogen) atoms. The Morgan fingerprint density at radius 2 is 1.47 bits per heavy atom. The van der Waals surface area contributed by atoms with Crippen LogP contribution in [0.25, 0.3) is 0 Å². The number of hydrogen-bond acceptors (Lipinski definition) is 7. The molecule has 0 amide bonds. The molecular weight excluding hydrogens is 460 g/mol. The molecule has 4 rings (SSSR count). The van der Waals surface area contributed by atoms with Crippen LogP contribution in [0.15, 0.2) is 0 Å². The average molecular weight is 519 g/mol. The van der Waals surface area contributed by atoms with Crippen molar-refractivity contribution in [1.82, 2.24) is 18.4 Å². The highest BCUT2D eigenvalue weighted by molar-refractivity contribution is 7.77. The Morgan fingerprint density at radius 3 is 1.94 bits per heavy atom. The third-order valence-corrected chi connectivity index (χ3v) is 10.2. The third-order valence-electron chi connectivity index (χ3n) is 9.00. The Bertz CT molecular complexity index is 611. The van der Waals surface area contributed by atoms with Crippen molar-refractivity contribution in [3.8, 4) is 0 Å². The first-order valence-electron chi connectivity index (χ1n) is 14.0. The van der Waals surface area contributed by atoms with Gasteiger partial charge in [-0.25, -0.2) is 8.61 Å². The van der Waals surface area contributed by atoms with Crippen LogP contribution in [0.4, 0.5) is 0 Å². The number of rotatable bonds is 3. The highest BCUT2D eigenvalue weighted by Gasteiger charge is 2.60. The monoisotopic (exact) mass is 518 g/mol. The first-order valence-corrected chi connectivity index (χ1v) is 14.8. The van der Waals surface area contributed by atoms with Gasteiger partial charge in [0.05, 0.1) is 12.1 Å². The lowest BCUT2D eigenvalue weighted by Gasteiger charge is -2.52. The molecule has 4 aliphatic rings. The van der Waals surface area contributed by atoms with Gasteiger partial charge in [-0.2, -0.15) is 0 Å². The van der Waals surface area contributed by atoms with Crippen LogP contribution in [0.3, 0.4) is 0 Å². The van der Waals surface area contributed by atoms with Crippen LogP contribution in [0.1, 0.15) is 94.9 Å². The average Bonchev–Trinajstić information content (AvgIpc) is 3.30. The van der Waals surface area contributed by atoms with Gasteiger partial charge in [0.15, 0.2) is 0 Å². The molecule has 7 heteroatoms. The van der Waals surface area contributed by atoms with E-state index in [1.165, 1.54) is 25.9 Å². The molecule has 0 saturated carbocycles. The number of ether oxygens (including phenoxy) is 1. The van der Waals surface area contributed by atoms with Gasteiger partial charge in [-0.3, -0.25) is 4.90 Å². The van der Waals surface area contributed by atoms with Gasteiger partial charge in [0.2, 0.25) is 0 Å². The summed E-state index contributed by atoms with van der Waals surface area (Å²) in [4.78, 5) is 4.98. The smallest absolute Gasteiger partial charge is 0.101 e. The third kappa shape index (κ3) is 5.81. The highest BCUT2D eigenvalue weighted by atomic mass is 32.1. The number of piperidine rings is 1. The van der Waals surface area contributed by atoms with Crippen molar-refractivity contribution >= 4 is 25.6 Å². The molecular formula is C27H58N4OS2. The summed E-state index contributed by atoms with van der Waals surface area (Å²) >= 11 is 9.37. The summed E-state index contributed by atoms with van der Waals surface area (Å²) in [7, 11) is 2.18. The topological polar surface area (TPSA) is 22.2 Å². The molecule has 5 nitrogen and oxygen atoms in total. The summed E-state index contributed by atoms with van der Waals surface area (Å²) in [6.07, 6.45) is 4.82. The molecule has 4 fully saturated rings. The Hall–Kier alpha value is 0.500. The van der Waals surface area contributed by atoms with Gasteiger partial charge in [0.25, 0.3) is 0 Å². The predicted molar refractivity (Wildman–Crippen MR) is 156 cm³/mol. The Labute approximate surface area is 224 Å². The molecule has 0 bridgehead atoms. The van der Waals surface area contributed by atoms with E-state index < -0.39 is 0 Å². The van der Waals surface area contributed by atoms with Gasteiger partial charge in [0.1, 0.15) is 5.60 Å². The first-order chi connectivity index (χ1) is 16.0. The Balaban J connectivity index is 0.000000297. The van der Waals surface area contributed by atoms with E-state index in [2.05, 4.69) is 79.8 Å². The maximum atomic E-state index is 6.14. The number of thiol groups is 2. The molecule has 0 spiro atoms. The Kier molecular flexibility index (Phi) is 12.8. The first kappa shape index (κ1) is 32.5. The zero-order chi connectivity index (χ0) is 26.4. The van der Waals surface area contributed by atoms with Crippen LogP contribution in [0, 0.1) is 5.41 Å². The molecule has 0 radical (unpaired) electrons. The zero-order valence-electron chi connectivity index (χ0n) is 24.4. The van der Waals surface area contributed by atoms with E-state index in [0.717, 1.165) is 45.6 Å². The minimum atomic E-state index is -0.00347. The molecule has 4 saturated heterocycles. The molecule has 0 aromatic carbocycles. The normalized spacial score (nSPS) is 38.6. The Morgan fingerprint density at radius 1 is 0.853 bits per heavy atom. The van der Waals surface area contributed by atoms with Gasteiger partial charge in [-0.1, -0.05) is 74.1 Å². The molecule has 0 aromatic rings. The van der Waals surface area contributed by atoms with E-state index in [1.54, 1.807) is 0 Å². The second kappa shape index (κ2) is 13.3. The summed E-state index contributed by atoms with van der Waals surface area (Å²) in [5, 5.41) is 0. The largest absolute Gasteiger partial charge is 0.370 e. The standard InChI is InChI=1S/C12H24N2S.C11H22N2OS.2C2H6/c1-10(2)13-8-11(3)6-5-7-14(15)12(11,4)9-13;1-4-10-8-12(3)9-11(10,5-2)14-7-6-13(10)15;2*1-2/h10,15H,5-9H2,1-4H3;15H,4-9H2,1-3H3;2*1-2H3/t11-,12+;10-,11+;;/m01../s1. The molecule has 204 valence electrons. The number of likely N-dealkylation sites (N-methyl/N-ethyl adjacent to an activating group) is 1. The van der Waals surface area contributed by atoms with Crippen molar-refractivity contribution in [1.29, 1.82) is 0 Å². The van der Waals surface area contributed by atoms with Crippen LogP contribution in [0.2, 0.25) is 0 Å². The fourth-order valence-corrected chi connectivity index (χ4v) is 7.58. The number of hydrogen-bond donors (Lipinski definition) is 2. The fraction of sp³-hybridized carbons (Fsp3) is 1.00. The van der Waals surface area contributed by atoms with Crippen LogP contribution < -0.4 is 0 Å².